The molecular formula is C26H22Cl2N6O3. The van der Waals surface area contributed by atoms with Gasteiger partial charge in [-0.05, 0) is 30.7 Å². The maximum Gasteiger partial charge on any atom is 0.248 e. The van der Waals surface area contributed by atoms with Crippen molar-refractivity contribution in [3.05, 3.63) is 70.9 Å². The molecule has 1 aromatic carbocycles. The third kappa shape index (κ3) is 4.04. The Balaban J connectivity index is 1.42. The summed E-state index contributed by atoms with van der Waals surface area (Å²) in [5, 5.41) is 25.6. The number of carbonyl (C=O) groups is 1. The number of fused-ring (bicyclic) bond motifs is 3. The van der Waals surface area contributed by atoms with Crippen molar-refractivity contribution < 1.29 is 15.0 Å². The minimum Gasteiger partial charge on any atom is -0.390 e. The summed E-state index contributed by atoms with van der Waals surface area (Å²) < 4.78 is 3.69. The van der Waals surface area contributed by atoms with Gasteiger partial charge in [0.1, 0.15) is 12.3 Å². The van der Waals surface area contributed by atoms with Crippen LogP contribution in [0.3, 0.4) is 0 Å². The van der Waals surface area contributed by atoms with Crippen molar-refractivity contribution in [1.29, 1.82) is 0 Å². The molecule has 188 valence electrons. The van der Waals surface area contributed by atoms with E-state index in [1.54, 1.807) is 35.5 Å². The topological polar surface area (TPSA) is 109 Å². The number of nitrogens with zero attached hydrogens (tertiary/aromatic N) is 6. The molecule has 0 bridgehead atoms. The zero-order valence-electron chi connectivity index (χ0n) is 19.6. The van der Waals surface area contributed by atoms with Crippen LogP contribution in [0.1, 0.15) is 18.2 Å². The number of pyridine rings is 2. The minimum absolute atomic E-state index is 0.0479. The average Bonchev–Trinajstić information content (AvgIpc) is 3.66. The lowest BCUT2D eigenvalue weighted by Gasteiger charge is -2.15. The van der Waals surface area contributed by atoms with Gasteiger partial charge in [-0.3, -0.25) is 14.5 Å². The first-order chi connectivity index (χ1) is 18.0. The normalized spacial score (nSPS) is 15.8. The molecule has 11 heteroatoms. The van der Waals surface area contributed by atoms with Crippen LogP contribution in [0.2, 0.25) is 10.0 Å². The molecular weight excluding hydrogens is 515 g/mol. The summed E-state index contributed by atoms with van der Waals surface area (Å²) in [5.74, 6) is -0.267. The Kier molecular flexibility index (Phi) is 6.08. The van der Waals surface area contributed by atoms with Gasteiger partial charge in [0.25, 0.3) is 0 Å². The molecule has 9 nitrogen and oxygen atoms in total. The van der Waals surface area contributed by atoms with Gasteiger partial charge in [0.05, 0.1) is 45.8 Å². The fourth-order valence-electron chi connectivity index (χ4n) is 4.95. The molecule has 1 atom stereocenters. The molecule has 1 aliphatic rings. The molecule has 1 saturated heterocycles. The molecule has 0 aliphatic carbocycles. The number of hydrogen-bond acceptors (Lipinski definition) is 6. The first-order valence-corrected chi connectivity index (χ1v) is 12.5. The van der Waals surface area contributed by atoms with Crippen LogP contribution in [-0.4, -0.2) is 64.9 Å². The SMILES string of the molecule is O=C(CO)N1CCC(n2cc(-c3cnc4ccn5c(CO)c(-c6c(Cl)cccc6Cl)nc5c4c3)cn2)C1. The average molecular weight is 537 g/mol. The Bertz CT molecular complexity index is 1640. The predicted molar refractivity (Wildman–Crippen MR) is 140 cm³/mol. The van der Waals surface area contributed by atoms with Crippen molar-refractivity contribution in [3.63, 3.8) is 0 Å². The number of halogens is 2. The quantitative estimate of drug-likeness (QED) is 0.351. The van der Waals surface area contributed by atoms with E-state index >= 15 is 0 Å². The first kappa shape index (κ1) is 23.9. The molecule has 0 saturated carbocycles. The fraction of sp³-hybridized carbons (Fsp3) is 0.231. The highest BCUT2D eigenvalue weighted by Gasteiger charge is 2.27. The van der Waals surface area contributed by atoms with Crippen molar-refractivity contribution in [2.45, 2.75) is 19.1 Å². The number of carbonyl (C=O) groups excluding carboxylic acids is 1. The number of hydrogen-bond donors (Lipinski definition) is 2. The summed E-state index contributed by atoms with van der Waals surface area (Å²) in [7, 11) is 0. The van der Waals surface area contributed by atoms with Gasteiger partial charge in [0, 0.05) is 53.8 Å². The van der Waals surface area contributed by atoms with Crippen molar-refractivity contribution in [3.8, 4) is 22.4 Å². The highest BCUT2D eigenvalue weighted by molar-refractivity contribution is 6.39. The number of aromatic nitrogens is 5. The summed E-state index contributed by atoms with van der Waals surface area (Å²) in [6.07, 6.45) is 8.11. The van der Waals surface area contributed by atoms with Gasteiger partial charge in [-0.15, -0.1) is 0 Å². The van der Waals surface area contributed by atoms with Crippen molar-refractivity contribution in [2.75, 3.05) is 19.7 Å². The highest BCUT2D eigenvalue weighted by Crippen LogP contribution is 2.38. The molecule has 1 unspecified atom stereocenters. The molecule has 6 rings (SSSR count). The third-order valence-corrected chi connectivity index (χ3v) is 7.49. The molecule has 4 aromatic heterocycles. The van der Waals surface area contributed by atoms with Crippen LogP contribution >= 0.6 is 23.2 Å². The van der Waals surface area contributed by atoms with E-state index in [1.165, 1.54) is 0 Å². The summed E-state index contributed by atoms with van der Waals surface area (Å²) in [5.41, 5.74) is 4.79. The number of aliphatic hydroxyl groups excluding tert-OH is 2. The maximum atomic E-state index is 11.8. The minimum atomic E-state index is -0.482. The second-order valence-electron chi connectivity index (χ2n) is 8.98. The highest BCUT2D eigenvalue weighted by atomic mass is 35.5. The van der Waals surface area contributed by atoms with Gasteiger partial charge in [-0.2, -0.15) is 5.10 Å². The van der Waals surface area contributed by atoms with Crippen LogP contribution in [0, 0.1) is 0 Å². The van der Waals surface area contributed by atoms with E-state index in [4.69, 9.17) is 33.3 Å². The van der Waals surface area contributed by atoms with Crippen LogP contribution in [0.5, 0.6) is 0 Å². The summed E-state index contributed by atoms with van der Waals surface area (Å²) in [4.78, 5) is 23.0. The molecule has 37 heavy (non-hydrogen) atoms. The van der Waals surface area contributed by atoms with Crippen LogP contribution in [-0.2, 0) is 11.4 Å². The van der Waals surface area contributed by atoms with Gasteiger partial charge < -0.3 is 19.5 Å². The summed E-state index contributed by atoms with van der Waals surface area (Å²) in [6, 6.07) is 9.18. The summed E-state index contributed by atoms with van der Waals surface area (Å²) >= 11 is 12.9. The van der Waals surface area contributed by atoms with E-state index in [9.17, 15) is 9.90 Å². The van der Waals surface area contributed by atoms with Crippen molar-refractivity contribution in [1.82, 2.24) is 29.0 Å². The van der Waals surface area contributed by atoms with Crippen molar-refractivity contribution >= 4 is 45.7 Å². The Morgan fingerprint density at radius 2 is 1.92 bits per heavy atom. The first-order valence-electron chi connectivity index (χ1n) is 11.8. The number of imidazole rings is 1. The zero-order chi connectivity index (χ0) is 25.7. The Morgan fingerprint density at radius 3 is 2.68 bits per heavy atom. The zero-order valence-corrected chi connectivity index (χ0v) is 21.1. The number of rotatable bonds is 5. The largest absolute Gasteiger partial charge is 0.390 e. The summed E-state index contributed by atoms with van der Waals surface area (Å²) in [6.45, 7) is 0.382. The molecule has 1 aliphatic heterocycles. The van der Waals surface area contributed by atoms with E-state index in [-0.39, 0.29) is 18.6 Å². The second kappa shape index (κ2) is 9.42. The van der Waals surface area contributed by atoms with Crippen LogP contribution < -0.4 is 0 Å². The van der Waals surface area contributed by atoms with Crippen molar-refractivity contribution in [2.24, 2.45) is 0 Å². The second-order valence-corrected chi connectivity index (χ2v) is 9.79. The molecule has 2 N–H and O–H groups in total. The number of benzene rings is 1. The Hall–Kier alpha value is -3.50. The number of likely N-dealkylation sites (tertiary alicyclic amines) is 1. The lowest BCUT2D eigenvalue weighted by atomic mass is 10.1. The van der Waals surface area contributed by atoms with Gasteiger partial charge in [-0.1, -0.05) is 29.3 Å². The predicted octanol–water partition coefficient (Wildman–Crippen LogP) is 3.98. The van der Waals surface area contributed by atoms with E-state index in [1.807, 2.05) is 33.6 Å². The Labute approximate surface area is 221 Å². The fourth-order valence-corrected chi connectivity index (χ4v) is 5.53. The van der Waals surface area contributed by atoms with Gasteiger partial charge in [-0.25, -0.2) is 4.98 Å². The molecule has 0 spiro atoms. The number of amides is 1. The molecule has 5 aromatic rings. The smallest absolute Gasteiger partial charge is 0.248 e. The Morgan fingerprint density at radius 1 is 1.11 bits per heavy atom. The number of aliphatic hydroxyl groups is 2. The molecule has 0 radical (unpaired) electrons. The van der Waals surface area contributed by atoms with Gasteiger partial charge in [0.2, 0.25) is 5.91 Å². The van der Waals surface area contributed by atoms with Gasteiger partial charge >= 0.3 is 0 Å². The van der Waals surface area contributed by atoms with E-state index in [0.29, 0.717) is 45.7 Å². The molecule has 1 fully saturated rings. The lowest BCUT2D eigenvalue weighted by Crippen LogP contribution is -2.31. The van der Waals surface area contributed by atoms with Crippen LogP contribution in [0.25, 0.3) is 38.9 Å². The monoisotopic (exact) mass is 536 g/mol. The van der Waals surface area contributed by atoms with Gasteiger partial charge in [0.15, 0.2) is 0 Å². The van der Waals surface area contributed by atoms with E-state index in [0.717, 1.165) is 28.5 Å². The van der Waals surface area contributed by atoms with E-state index < -0.39 is 6.61 Å². The lowest BCUT2D eigenvalue weighted by molar-refractivity contribution is -0.133. The molecule has 1 amide bonds. The van der Waals surface area contributed by atoms with Crippen LogP contribution in [0.4, 0.5) is 0 Å². The maximum absolute atomic E-state index is 11.8. The standard InChI is InChI=1S/C26H22Cl2N6O3/c27-19-2-1-3-20(28)24(19)25-22(13-35)33-7-5-21-18(26(33)31-25)8-15(9-29-21)16-10-30-34(11-16)17-4-6-32(12-17)23(37)14-36/h1-3,5,7-11,17,35-36H,4,6,12-14H2. The third-order valence-electron chi connectivity index (χ3n) is 6.86. The molecule has 5 heterocycles. The van der Waals surface area contributed by atoms with E-state index in [2.05, 4.69) is 10.1 Å². The van der Waals surface area contributed by atoms with Crippen LogP contribution in [0.15, 0.2) is 55.1 Å².